The number of hydrogen-bond donors (Lipinski definition) is 2. The zero-order valence-electron chi connectivity index (χ0n) is 8.72. The molecule has 0 atom stereocenters. The molecular formula is C12H9FN2O2. The highest BCUT2D eigenvalue weighted by Gasteiger charge is 2.02. The number of aromatic nitrogens is 2. The largest absolute Gasteiger partial charge is 0.478 e. The van der Waals surface area contributed by atoms with Crippen molar-refractivity contribution in [2.24, 2.45) is 0 Å². The maximum absolute atomic E-state index is 12.7. The highest BCUT2D eigenvalue weighted by Crippen LogP contribution is 2.16. The Labute approximate surface area is 96.4 Å². The standard InChI is InChI=1S/C12H9FN2O2/c13-9-3-1-8(2-4-9)12-14-7-10(15-12)5-6-11(16)17/h1-7H,(H,14,15)(H,16,17)/b6-5+. The highest BCUT2D eigenvalue weighted by molar-refractivity contribution is 5.84. The number of H-pyrrole nitrogens is 1. The lowest BCUT2D eigenvalue weighted by molar-refractivity contribution is -0.131. The number of halogens is 1. The molecule has 0 amide bonds. The molecule has 0 fully saturated rings. The second-order valence-corrected chi connectivity index (χ2v) is 3.37. The summed E-state index contributed by atoms with van der Waals surface area (Å²) in [7, 11) is 0. The molecule has 5 heteroatoms. The van der Waals surface area contributed by atoms with Crippen LogP contribution in [0.5, 0.6) is 0 Å². The van der Waals surface area contributed by atoms with Crippen LogP contribution in [-0.2, 0) is 4.79 Å². The first-order valence-corrected chi connectivity index (χ1v) is 4.87. The average Bonchev–Trinajstić information content (AvgIpc) is 2.76. The molecule has 2 N–H and O–H groups in total. The van der Waals surface area contributed by atoms with Gasteiger partial charge in [0.25, 0.3) is 0 Å². The molecule has 0 bridgehead atoms. The molecule has 86 valence electrons. The molecule has 0 aliphatic carbocycles. The summed E-state index contributed by atoms with van der Waals surface area (Å²) in [5.41, 5.74) is 1.31. The Kier molecular flexibility index (Phi) is 3.00. The Bertz CT molecular complexity index is 558. The first-order chi connectivity index (χ1) is 8.15. The summed E-state index contributed by atoms with van der Waals surface area (Å²) in [5.74, 6) is -0.774. The SMILES string of the molecule is O=C(O)/C=C/c1cnc(-c2ccc(F)cc2)[nH]1. The van der Waals surface area contributed by atoms with Crippen LogP contribution in [0.2, 0.25) is 0 Å². The van der Waals surface area contributed by atoms with E-state index in [1.165, 1.54) is 24.4 Å². The molecule has 0 aliphatic heterocycles. The van der Waals surface area contributed by atoms with Crippen molar-refractivity contribution in [1.82, 2.24) is 9.97 Å². The average molecular weight is 232 g/mol. The maximum atomic E-state index is 12.7. The van der Waals surface area contributed by atoms with Crippen LogP contribution in [0.3, 0.4) is 0 Å². The van der Waals surface area contributed by atoms with Gasteiger partial charge in [-0.05, 0) is 30.3 Å². The van der Waals surface area contributed by atoms with Crippen LogP contribution in [0.15, 0.2) is 36.5 Å². The number of aromatic amines is 1. The van der Waals surface area contributed by atoms with E-state index in [9.17, 15) is 9.18 Å². The van der Waals surface area contributed by atoms with E-state index < -0.39 is 5.97 Å². The Morgan fingerprint density at radius 2 is 2.06 bits per heavy atom. The minimum atomic E-state index is -1.03. The van der Waals surface area contributed by atoms with Crippen molar-refractivity contribution >= 4 is 12.0 Å². The lowest BCUT2D eigenvalue weighted by Crippen LogP contribution is -1.85. The number of rotatable bonds is 3. The van der Waals surface area contributed by atoms with Gasteiger partial charge in [0.2, 0.25) is 0 Å². The van der Waals surface area contributed by atoms with E-state index in [-0.39, 0.29) is 5.82 Å². The molecule has 2 aromatic rings. The number of aliphatic carboxylic acids is 1. The van der Waals surface area contributed by atoms with Crippen molar-refractivity contribution in [2.45, 2.75) is 0 Å². The van der Waals surface area contributed by atoms with Gasteiger partial charge in [0, 0.05) is 11.6 Å². The second-order valence-electron chi connectivity index (χ2n) is 3.37. The predicted octanol–water partition coefficient (Wildman–Crippen LogP) is 2.31. The lowest BCUT2D eigenvalue weighted by atomic mass is 10.2. The molecule has 0 radical (unpaired) electrons. The van der Waals surface area contributed by atoms with Crippen LogP contribution < -0.4 is 0 Å². The molecule has 1 aromatic heterocycles. The Morgan fingerprint density at radius 3 is 2.71 bits per heavy atom. The van der Waals surface area contributed by atoms with Gasteiger partial charge in [-0.2, -0.15) is 0 Å². The van der Waals surface area contributed by atoms with Crippen LogP contribution in [0.1, 0.15) is 5.69 Å². The Hall–Kier alpha value is -2.43. The van der Waals surface area contributed by atoms with Crippen molar-refractivity contribution in [3.05, 3.63) is 48.0 Å². The van der Waals surface area contributed by atoms with Crippen molar-refractivity contribution in [3.63, 3.8) is 0 Å². The zero-order valence-corrected chi connectivity index (χ0v) is 8.72. The van der Waals surface area contributed by atoms with Gasteiger partial charge in [-0.3, -0.25) is 0 Å². The highest BCUT2D eigenvalue weighted by atomic mass is 19.1. The van der Waals surface area contributed by atoms with Crippen LogP contribution in [0, 0.1) is 5.82 Å². The fourth-order valence-electron chi connectivity index (χ4n) is 1.34. The van der Waals surface area contributed by atoms with Crippen LogP contribution in [0.4, 0.5) is 4.39 Å². The minimum Gasteiger partial charge on any atom is -0.478 e. The number of carboxylic acids is 1. The van der Waals surface area contributed by atoms with Crippen molar-refractivity contribution in [2.75, 3.05) is 0 Å². The van der Waals surface area contributed by atoms with Crippen LogP contribution >= 0.6 is 0 Å². The summed E-state index contributed by atoms with van der Waals surface area (Å²) in [4.78, 5) is 17.3. The fourth-order valence-corrected chi connectivity index (χ4v) is 1.34. The van der Waals surface area contributed by atoms with Gasteiger partial charge in [-0.1, -0.05) is 0 Å². The molecule has 0 unspecified atom stereocenters. The molecule has 1 aromatic carbocycles. The van der Waals surface area contributed by atoms with Gasteiger partial charge in [0.05, 0.1) is 11.9 Å². The van der Waals surface area contributed by atoms with Gasteiger partial charge in [0.1, 0.15) is 11.6 Å². The third kappa shape index (κ3) is 2.78. The van der Waals surface area contributed by atoms with E-state index in [4.69, 9.17) is 5.11 Å². The fraction of sp³-hybridized carbons (Fsp3) is 0. The second kappa shape index (κ2) is 4.61. The monoisotopic (exact) mass is 232 g/mol. The molecule has 1 heterocycles. The third-order valence-corrected chi connectivity index (χ3v) is 2.12. The quantitative estimate of drug-likeness (QED) is 0.798. The number of benzene rings is 1. The van der Waals surface area contributed by atoms with E-state index in [0.717, 1.165) is 11.6 Å². The van der Waals surface area contributed by atoms with Crippen LogP contribution in [-0.4, -0.2) is 21.0 Å². The van der Waals surface area contributed by atoms with Crippen molar-refractivity contribution < 1.29 is 14.3 Å². The van der Waals surface area contributed by atoms with Gasteiger partial charge in [-0.15, -0.1) is 0 Å². The van der Waals surface area contributed by atoms with E-state index in [1.807, 2.05) is 0 Å². The van der Waals surface area contributed by atoms with E-state index in [2.05, 4.69) is 9.97 Å². The van der Waals surface area contributed by atoms with Gasteiger partial charge >= 0.3 is 5.97 Å². The molecule has 2 rings (SSSR count). The number of nitrogens with one attached hydrogen (secondary N) is 1. The molecule has 17 heavy (non-hydrogen) atoms. The number of hydrogen-bond acceptors (Lipinski definition) is 2. The Morgan fingerprint density at radius 1 is 1.35 bits per heavy atom. The topological polar surface area (TPSA) is 66.0 Å². The molecular weight excluding hydrogens is 223 g/mol. The van der Waals surface area contributed by atoms with E-state index >= 15 is 0 Å². The minimum absolute atomic E-state index is 0.314. The van der Waals surface area contributed by atoms with Gasteiger partial charge in [0.15, 0.2) is 0 Å². The molecule has 0 spiro atoms. The first kappa shape index (κ1) is 11.1. The van der Waals surface area contributed by atoms with Gasteiger partial charge in [-0.25, -0.2) is 14.2 Å². The maximum Gasteiger partial charge on any atom is 0.328 e. The third-order valence-electron chi connectivity index (χ3n) is 2.12. The summed E-state index contributed by atoms with van der Waals surface area (Å²) >= 11 is 0. The first-order valence-electron chi connectivity index (χ1n) is 4.87. The molecule has 0 saturated carbocycles. The molecule has 0 saturated heterocycles. The number of nitrogens with zero attached hydrogens (tertiary/aromatic N) is 1. The molecule has 4 nitrogen and oxygen atoms in total. The lowest BCUT2D eigenvalue weighted by Gasteiger charge is -1.95. The summed E-state index contributed by atoms with van der Waals surface area (Å²) in [5, 5.41) is 8.47. The number of carbonyl (C=O) groups is 1. The predicted molar refractivity (Wildman–Crippen MR) is 60.7 cm³/mol. The summed E-state index contributed by atoms with van der Waals surface area (Å²) in [6.07, 6.45) is 3.93. The summed E-state index contributed by atoms with van der Waals surface area (Å²) < 4.78 is 12.7. The van der Waals surface area contributed by atoms with E-state index in [0.29, 0.717) is 11.5 Å². The molecule has 0 aliphatic rings. The van der Waals surface area contributed by atoms with Crippen LogP contribution in [0.25, 0.3) is 17.5 Å². The zero-order chi connectivity index (χ0) is 12.3. The number of imidazole rings is 1. The number of carboxylic acid groups (broad SMARTS) is 1. The summed E-state index contributed by atoms with van der Waals surface area (Å²) in [6, 6.07) is 5.87. The van der Waals surface area contributed by atoms with Crippen molar-refractivity contribution in [3.8, 4) is 11.4 Å². The van der Waals surface area contributed by atoms with Gasteiger partial charge < -0.3 is 10.1 Å². The van der Waals surface area contributed by atoms with Crippen molar-refractivity contribution in [1.29, 1.82) is 0 Å². The summed E-state index contributed by atoms with van der Waals surface area (Å²) in [6.45, 7) is 0. The normalized spacial score (nSPS) is 10.9. The Balaban J connectivity index is 2.23. The van der Waals surface area contributed by atoms with E-state index in [1.54, 1.807) is 12.1 Å². The smallest absolute Gasteiger partial charge is 0.328 e.